The van der Waals surface area contributed by atoms with Crippen LogP contribution in [-0.2, 0) is 19.4 Å². The molecule has 2 heterocycles. The average molecular weight is 436 g/mol. The summed E-state index contributed by atoms with van der Waals surface area (Å²) in [7, 11) is 0. The van der Waals surface area contributed by atoms with E-state index in [4.69, 9.17) is 11.6 Å². The van der Waals surface area contributed by atoms with E-state index in [1.807, 2.05) is 12.1 Å². The number of hydrogen-bond donors (Lipinski definition) is 2. The van der Waals surface area contributed by atoms with Crippen LogP contribution in [0.5, 0.6) is 5.75 Å². The SMILES string of the molecule is FC(F)(F)C(F)(F)COc1ccc(CNc2c(Cl)ccc3c2CCNCC3)nc1. The van der Waals surface area contributed by atoms with E-state index < -0.39 is 18.7 Å². The predicted molar refractivity (Wildman–Crippen MR) is 99.8 cm³/mol. The van der Waals surface area contributed by atoms with Gasteiger partial charge in [0, 0.05) is 0 Å². The molecule has 0 spiro atoms. The monoisotopic (exact) mass is 435 g/mol. The molecule has 0 atom stereocenters. The van der Waals surface area contributed by atoms with Gasteiger partial charge in [0.25, 0.3) is 0 Å². The summed E-state index contributed by atoms with van der Waals surface area (Å²) in [6.07, 6.45) is -2.83. The standard InChI is InChI=1S/C19H19ClF5N3O/c20-16-4-1-12-5-7-26-8-6-15(12)17(16)28-9-13-2-3-14(10-27-13)29-11-18(21,22)19(23,24)25/h1-4,10,26,28H,5-9,11H2. The number of nitrogens with one attached hydrogen (secondary N) is 2. The number of ether oxygens (including phenoxy) is 1. The Morgan fingerprint density at radius 2 is 1.83 bits per heavy atom. The molecule has 0 bridgehead atoms. The quantitative estimate of drug-likeness (QED) is 0.650. The summed E-state index contributed by atoms with van der Waals surface area (Å²) < 4.78 is 66.9. The van der Waals surface area contributed by atoms with Gasteiger partial charge in [-0.3, -0.25) is 4.98 Å². The highest BCUT2D eigenvalue weighted by Gasteiger charge is 2.58. The van der Waals surface area contributed by atoms with Crippen LogP contribution in [0.4, 0.5) is 27.6 Å². The largest absolute Gasteiger partial charge is 0.485 e. The van der Waals surface area contributed by atoms with Crippen LogP contribution in [-0.4, -0.2) is 36.8 Å². The van der Waals surface area contributed by atoms with Crippen LogP contribution in [0.3, 0.4) is 0 Å². The molecule has 1 aliphatic heterocycles. The molecule has 0 fully saturated rings. The fraction of sp³-hybridized carbons (Fsp3) is 0.421. The maximum Gasteiger partial charge on any atom is 0.456 e. The van der Waals surface area contributed by atoms with Gasteiger partial charge in [-0.05, 0) is 55.3 Å². The van der Waals surface area contributed by atoms with E-state index in [-0.39, 0.29) is 5.75 Å². The summed E-state index contributed by atoms with van der Waals surface area (Å²) in [6, 6.07) is 6.63. The van der Waals surface area contributed by atoms with Gasteiger partial charge in [-0.2, -0.15) is 22.0 Å². The number of halogens is 6. The van der Waals surface area contributed by atoms with Crippen LogP contribution in [0.15, 0.2) is 30.5 Å². The highest BCUT2D eigenvalue weighted by molar-refractivity contribution is 6.33. The summed E-state index contributed by atoms with van der Waals surface area (Å²) in [6.45, 7) is 0.248. The molecular weight excluding hydrogens is 417 g/mol. The van der Waals surface area contributed by atoms with Crippen molar-refractivity contribution >= 4 is 17.3 Å². The van der Waals surface area contributed by atoms with E-state index in [2.05, 4.69) is 20.4 Å². The van der Waals surface area contributed by atoms with Gasteiger partial charge in [0.1, 0.15) is 5.75 Å². The second-order valence-corrected chi connectivity index (χ2v) is 7.05. The molecular formula is C19H19ClF5N3O. The van der Waals surface area contributed by atoms with E-state index in [1.54, 1.807) is 0 Å². The van der Waals surface area contributed by atoms with Crippen LogP contribution >= 0.6 is 11.6 Å². The Balaban J connectivity index is 1.63. The van der Waals surface area contributed by atoms with Gasteiger partial charge in [0.05, 0.1) is 29.1 Å². The minimum absolute atomic E-state index is 0.171. The first-order valence-corrected chi connectivity index (χ1v) is 9.32. The van der Waals surface area contributed by atoms with Crippen molar-refractivity contribution in [3.05, 3.63) is 52.3 Å². The first-order chi connectivity index (χ1) is 13.7. The van der Waals surface area contributed by atoms with Gasteiger partial charge in [0.2, 0.25) is 0 Å². The zero-order chi connectivity index (χ0) is 21.1. The van der Waals surface area contributed by atoms with E-state index in [1.165, 1.54) is 17.7 Å². The second-order valence-electron chi connectivity index (χ2n) is 6.64. The third-order valence-corrected chi connectivity index (χ3v) is 4.88. The number of benzene rings is 1. The van der Waals surface area contributed by atoms with Gasteiger partial charge in [0.15, 0.2) is 6.61 Å². The minimum atomic E-state index is -5.66. The molecule has 1 aromatic heterocycles. The number of anilines is 1. The lowest BCUT2D eigenvalue weighted by molar-refractivity contribution is -0.290. The third kappa shape index (κ3) is 5.27. The first kappa shape index (κ1) is 21.6. The second kappa shape index (κ2) is 8.71. The Morgan fingerprint density at radius 1 is 1.07 bits per heavy atom. The Bertz CT molecular complexity index is 843. The van der Waals surface area contributed by atoms with Crippen molar-refractivity contribution in [2.24, 2.45) is 0 Å². The van der Waals surface area contributed by atoms with Gasteiger partial charge in [-0.25, -0.2) is 0 Å². The third-order valence-electron chi connectivity index (χ3n) is 4.56. The molecule has 0 saturated carbocycles. The molecule has 3 rings (SSSR count). The Labute approximate surface area is 169 Å². The van der Waals surface area contributed by atoms with E-state index in [0.717, 1.165) is 43.4 Å². The van der Waals surface area contributed by atoms with Crippen molar-refractivity contribution in [2.45, 2.75) is 31.5 Å². The molecule has 10 heteroatoms. The summed E-state index contributed by atoms with van der Waals surface area (Å²) in [4.78, 5) is 4.05. The number of nitrogens with zero attached hydrogens (tertiary/aromatic N) is 1. The summed E-state index contributed by atoms with van der Waals surface area (Å²) in [5.41, 5.74) is 3.72. The lowest BCUT2D eigenvalue weighted by Crippen LogP contribution is -2.41. The Morgan fingerprint density at radius 3 is 2.52 bits per heavy atom. The van der Waals surface area contributed by atoms with Crippen molar-refractivity contribution in [2.75, 3.05) is 25.0 Å². The van der Waals surface area contributed by atoms with Crippen LogP contribution in [0.1, 0.15) is 16.8 Å². The highest BCUT2D eigenvalue weighted by Crippen LogP contribution is 2.35. The predicted octanol–water partition coefficient (Wildman–Crippen LogP) is 4.61. The number of alkyl halides is 5. The van der Waals surface area contributed by atoms with Crippen LogP contribution in [0.25, 0.3) is 0 Å². The van der Waals surface area contributed by atoms with Crippen LogP contribution in [0, 0.1) is 0 Å². The van der Waals surface area contributed by atoms with Gasteiger partial charge < -0.3 is 15.4 Å². The average Bonchev–Trinajstić information content (AvgIpc) is 2.91. The minimum Gasteiger partial charge on any atom is -0.485 e. The summed E-state index contributed by atoms with van der Waals surface area (Å²) >= 11 is 6.34. The topological polar surface area (TPSA) is 46.2 Å². The zero-order valence-electron chi connectivity index (χ0n) is 15.3. The van der Waals surface area contributed by atoms with Gasteiger partial charge in [-0.15, -0.1) is 0 Å². The van der Waals surface area contributed by atoms with Crippen molar-refractivity contribution in [1.82, 2.24) is 10.3 Å². The van der Waals surface area contributed by atoms with Crippen molar-refractivity contribution < 1.29 is 26.7 Å². The van der Waals surface area contributed by atoms with Crippen molar-refractivity contribution in [3.63, 3.8) is 0 Å². The lowest BCUT2D eigenvalue weighted by Gasteiger charge is -2.19. The molecule has 1 aromatic carbocycles. The Hall–Kier alpha value is -2.13. The van der Waals surface area contributed by atoms with E-state index in [0.29, 0.717) is 17.3 Å². The normalized spacial score (nSPS) is 14.8. The number of aromatic nitrogens is 1. The van der Waals surface area contributed by atoms with E-state index in [9.17, 15) is 22.0 Å². The van der Waals surface area contributed by atoms with Gasteiger partial charge in [-0.1, -0.05) is 17.7 Å². The maximum absolute atomic E-state index is 12.9. The molecule has 2 N–H and O–H groups in total. The molecule has 0 radical (unpaired) electrons. The van der Waals surface area contributed by atoms with Crippen molar-refractivity contribution in [1.29, 1.82) is 0 Å². The summed E-state index contributed by atoms with van der Waals surface area (Å²) in [5, 5.41) is 7.16. The van der Waals surface area contributed by atoms with Gasteiger partial charge >= 0.3 is 12.1 Å². The maximum atomic E-state index is 12.9. The molecule has 0 aliphatic carbocycles. The molecule has 0 unspecified atom stereocenters. The number of hydrogen-bond acceptors (Lipinski definition) is 4. The molecule has 1 aliphatic rings. The molecule has 158 valence electrons. The number of pyridine rings is 1. The fourth-order valence-electron chi connectivity index (χ4n) is 2.97. The number of rotatable bonds is 6. The molecule has 4 nitrogen and oxygen atoms in total. The lowest BCUT2D eigenvalue weighted by atomic mass is 10.0. The smallest absolute Gasteiger partial charge is 0.456 e. The molecule has 29 heavy (non-hydrogen) atoms. The van der Waals surface area contributed by atoms with E-state index >= 15 is 0 Å². The first-order valence-electron chi connectivity index (χ1n) is 8.94. The highest BCUT2D eigenvalue weighted by atomic mass is 35.5. The fourth-order valence-corrected chi connectivity index (χ4v) is 3.21. The summed E-state index contributed by atoms with van der Waals surface area (Å²) in [5.74, 6) is -5.10. The van der Waals surface area contributed by atoms with Crippen LogP contribution in [0.2, 0.25) is 5.02 Å². The molecule has 2 aromatic rings. The zero-order valence-corrected chi connectivity index (χ0v) is 16.0. The molecule has 0 saturated heterocycles. The Kier molecular flexibility index (Phi) is 6.48. The van der Waals surface area contributed by atoms with Crippen molar-refractivity contribution in [3.8, 4) is 5.75 Å². The molecule has 0 amide bonds. The number of fused-ring (bicyclic) bond motifs is 1. The van der Waals surface area contributed by atoms with Crippen LogP contribution < -0.4 is 15.4 Å².